The first-order valence-corrected chi connectivity index (χ1v) is 15.6. The van der Waals surface area contributed by atoms with Gasteiger partial charge in [-0.05, 0) is 48.0 Å². The van der Waals surface area contributed by atoms with E-state index in [2.05, 4.69) is 9.97 Å². The fourth-order valence-electron chi connectivity index (χ4n) is 5.47. The van der Waals surface area contributed by atoms with Gasteiger partial charge in [-0.25, -0.2) is 36.5 Å². The van der Waals surface area contributed by atoms with Crippen molar-refractivity contribution in [3.05, 3.63) is 90.5 Å². The SMILES string of the molecule is COc1cc(-c2cccc(NS(=O)(=O)c3c(F)cccc3F)c2F)cc2c(N3CCOCC3)nc(-c3cnc4[nH]ccc4c3)nc12. The number of aromatic nitrogens is 4. The number of benzene rings is 3. The summed E-state index contributed by atoms with van der Waals surface area (Å²) in [7, 11) is -3.35. The van der Waals surface area contributed by atoms with Crippen molar-refractivity contribution in [2.24, 2.45) is 0 Å². The van der Waals surface area contributed by atoms with Crippen LogP contribution < -0.4 is 14.4 Å². The number of H-pyrrole nitrogens is 1. The molecule has 6 aromatic rings. The monoisotopic (exact) mass is 646 g/mol. The van der Waals surface area contributed by atoms with Crippen LogP contribution in [0.5, 0.6) is 5.75 Å². The van der Waals surface area contributed by atoms with Crippen LogP contribution in [0.4, 0.5) is 24.7 Å². The third-order valence-corrected chi connectivity index (χ3v) is 9.09. The Kier molecular flexibility index (Phi) is 7.45. The third-order valence-electron chi connectivity index (χ3n) is 7.68. The lowest BCUT2D eigenvalue weighted by Gasteiger charge is -2.29. The zero-order valence-corrected chi connectivity index (χ0v) is 25.0. The Morgan fingerprint density at radius 2 is 1.72 bits per heavy atom. The highest BCUT2D eigenvalue weighted by Crippen LogP contribution is 2.39. The van der Waals surface area contributed by atoms with Gasteiger partial charge in [0.1, 0.15) is 34.4 Å². The molecule has 4 heterocycles. The van der Waals surface area contributed by atoms with Crippen molar-refractivity contribution in [3.8, 4) is 28.3 Å². The fourth-order valence-corrected chi connectivity index (χ4v) is 6.67. The van der Waals surface area contributed by atoms with Gasteiger partial charge in [0.15, 0.2) is 16.5 Å². The van der Waals surface area contributed by atoms with E-state index in [9.17, 15) is 17.2 Å². The van der Waals surface area contributed by atoms with Crippen molar-refractivity contribution in [3.63, 3.8) is 0 Å². The average molecular weight is 647 g/mol. The minimum absolute atomic E-state index is 0.00789. The van der Waals surface area contributed by atoms with Crippen LogP contribution in [0.15, 0.2) is 78.0 Å². The van der Waals surface area contributed by atoms with Crippen LogP contribution in [-0.2, 0) is 14.8 Å². The molecule has 14 heteroatoms. The highest BCUT2D eigenvalue weighted by atomic mass is 32.2. The summed E-state index contributed by atoms with van der Waals surface area (Å²) in [5, 5.41) is 1.45. The van der Waals surface area contributed by atoms with E-state index >= 15 is 4.39 Å². The molecule has 7 rings (SSSR count). The van der Waals surface area contributed by atoms with Gasteiger partial charge >= 0.3 is 0 Å². The molecular formula is C32H25F3N6O4S. The van der Waals surface area contributed by atoms with E-state index in [0.717, 1.165) is 35.3 Å². The number of methoxy groups -OCH3 is 1. The zero-order valence-electron chi connectivity index (χ0n) is 24.2. The van der Waals surface area contributed by atoms with Crippen molar-refractivity contribution in [2.75, 3.05) is 43.0 Å². The minimum Gasteiger partial charge on any atom is -0.494 e. The summed E-state index contributed by atoms with van der Waals surface area (Å²) in [6, 6.07) is 13.8. The summed E-state index contributed by atoms with van der Waals surface area (Å²) in [4.78, 5) is 18.2. The molecule has 0 amide bonds. The fraction of sp³-hybridized carbons (Fsp3) is 0.156. The van der Waals surface area contributed by atoms with Gasteiger partial charge < -0.3 is 19.4 Å². The largest absolute Gasteiger partial charge is 0.494 e. The molecule has 3 aromatic heterocycles. The van der Waals surface area contributed by atoms with Crippen LogP contribution in [0.2, 0.25) is 0 Å². The Balaban J connectivity index is 1.37. The quantitative estimate of drug-likeness (QED) is 0.220. The smallest absolute Gasteiger partial charge is 0.267 e. The normalized spacial score (nSPS) is 13.8. The van der Waals surface area contributed by atoms with Gasteiger partial charge in [-0.3, -0.25) is 4.72 Å². The topological polar surface area (TPSA) is 122 Å². The number of halogens is 3. The van der Waals surface area contributed by atoms with Gasteiger partial charge in [-0.15, -0.1) is 0 Å². The Labute approximate surface area is 260 Å². The molecule has 1 aliphatic heterocycles. The standard InChI is InChI=1S/C32H25F3N6O4S/c1-44-26-16-19(21-4-2-7-25(27(21)35)40-46(42,43)29-23(33)5-3-6-24(29)34)15-22-28(26)38-31(39-32(22)41-10-12-45-13-11-41)20-14-18-8-9-36-30(18)37-17-20/h2-9,14-17,40H,10-13H2,1H3,(H,36,37). The Morgan fingerprint density at radius 1 is 0.957 bits per heavy atom. The van der Waals surface area contributed by atoms with Gasteiger partial charge in [0, 0.05) is 47.4 Å². The van der Waals surface area contributed by atoms with E-state index in [1.54, 1.807) is 24.5 Å². The number of aromatic amines is 1. The van der Waals surface area contributed by atoms with Gasteiger partial charge in [-0.2, -0.15) is 0 Å². The molecule has 2 N–H and O–H groups in total. The van der Waals surface area contributed by atoms with Crippen molar-refractivity contribution < 1.29 is 31.1 Å². The number of anilines is 2. The Hall–Kier alpha value is -5.21. The number of nitrogens with zero attached hydrogens (tertiary/aromatic N) is 4. The van der Waals surface area contributed by atoms with E-state index in [1.165, 1.54) is 19.2 Å². The first-order chi connectivity index (χ1) is 22.2. The predicted octanol–water partition coefficient (Wildman–Crippen LogP) is 5.90. The maximum absolute atomic E-state index is 16.1. The molecule has 1 saturated heterocycles. The molecule has 0 radical (unpaired) electrons. The predicted molar refractivity (Wildman–Crippen MR) is 167 cm³/mol. The summed E-state index contributed by atoms with van der Waals surface area (Å²) >= 11 is 0. The molecular weight excluding hydrogens is 621 g/mol. The van der Waals surface area contributed by atoms with Crippen molar-refractivity contribution in [2.45, 2.75) is 4.90 Å². The molecule has 0 saturated carbocycles. The summed E-state index contributed by atoms with van der Waals surface area (Å²) in [6.07, 6.45) is 3.47. The number of sulfonamides is 1. The van der Waals surface area contributed by atoms with E-state index in [-0.39, 0.29) is 5.56 Å². The molecule has 0 spiro atoms. The first-order valence-electron chi connectivity index (χ1n) is 14.1. The van der Waals surface area contributed by atoms with Crippen LogP contribution >= 0.6 is 0 Å². The maximum atomic E-state index is 16.1. The number of morpholine rings is 1. The molecule has 1 fully saturated rings. The number of pyridine rings is 1. The number of nitrogens with one attached hydrogen (secondary N) is 2. The van der Waals surface area contributed by atoms with E-state index in [0.29, 0.717) is 65.7 Å². The zero-order chi connectivity index (χ0) is 32.0. The van der Waals surface area contributed by atoms with Gasteiger partial charge in [0.2, 0.25) is 0 Å². The first kappa shape index (κ1) is 29.5. The highest BCUT2D eigenvalue weighted by Gasteiger charge is 2.27. The van der Waals surface area contributed by atoms with Crippen molar-refractivity contribution in [1.82, 2.24) is 19.9 Å². The van der Waals surface area contributed by atoms with Crippen LogP contribution in [0.3, 0.4) is 0 Å². The minimum atomic E-state index is -4.82. The molecule has 234 valence electrons. The van der Waals surface area contributed by atoms with Gasteiger partial charge in [-0.1, -0.05) is 18.2 Å². The van der Waals surface area contributed by atoms with Gasteiger partial charge in [0.05, 0.1) is 26.0 Å². The molecule has 46 heavy (non-hydrogen) atoms. The number of hydrogen-bond donors (Lipinski definition) is 2. The van der Waals surface area contributed by atoms with Crippen LogP contribution in [0.25, 0.3) is 44.5 Å². The summed E-state index contributed by atoms with van der Waals surface area (Å²) < 4.78 is 83.8. The van der Waals surface area contributed by atoms with Crippen LogP contribution in [0, 0.1) is 17.5 Å². The molecule has 0 bridgehead atoms. The molecule has 1 aliphatic rings. The molecule has 0 aliphatic carbocycles. The van der Waals surface area contributed by atoms with Gasteiger partial charge in [0.25, 0.3) is 10.0 Å². The Bertz CT molecular complexity index is 2220. The number of rotatable bonds is 7. The second-order valence-corrected chi connectivity index (χ2v) is 12.1. The number of fused-ring (bicyclic) bond motifs is 2. The lowest BCUT2D eigenvalue weighted by atomic mass is 10.0. The molecule has 10 nitrogen and oxygen atoms in total. The second kappa shape index (κ2) is 11.6. The van der Waals surface area contributed by atoms with E-state index in [1.807, 2.05) is 21.8 Å². The lowest BCUT2D eigenvalue weighted by molar-refractivity contribution is 0.122. The second-order valence-electron chi connectivity index (χ2n) is 10.5. The highest BCUT2D eigenvalue weighted by molar-refractivity contribution is 7.92. The average Bonchev–Trinajstić information content (AvgIpc) is 3.53. The molecule has 0 unspecified atom stereocenters. The van der Waals surface area contributed by atoms with E-state index < -0.39 is 38.1 Å². The van der Waals surface area contributed by atoms with Crippen LogP contribution in [-0.4, -0.2) is 61.8 Å². The Morgan fingerprint density at radius 3 is 2.48 bits per heavy atom. The van der Waals surface area contributed by atoms with Crippen molar-refractivity contribution in [1.29, 1.82) is 0 Å². The van der Waals surface area contributed by atoms with E-state index in [4.69, 9.17) is 19.4 Å². The number of ether oxygens (including phenoxy) is 2. The summed E-state index contributed by atoms with van der Waals surface area (Å²) in [5.74, 6) is -2.26. The molecule has 3 aromatic carbocycles. The summed E-state index contributed by atoms with van der Waals surface area (Å²) in [5.41, 5.74) is 1.73. The lowest BCUT2D eigenvalue weighted by Crippen LogP contribution is -2.37. The maximum Gasteiger partial charge on any atom is 0.267 e. The summed E-state index contributed by atoms with van der Waals surface area (Å²) in [6.45, 7) is 2.05. The third kappa shape index (κ3) is 5.24. The molecule has 0 atom stereocenters. The van der Waals surface area contributed by atoms with Crippen molar-refractivity contribution >= 4 is 43.5 Å². The number of hydrogen-bond acceptors (Lipinski definition) is 8. The van der Waals surface area contributed by atoms with Crippen LogP contribution in [0.1, 0.15) is 0 Å².